The molecule has 1 saturated carbocycles. The Bertz CT molecular complexity index is 2030. The molecule has 1 unspecified atom stereocenters. The molecule has 7 rings (SSSR count). The summed E-state index contributed by atoms with van der Waals surface area (Å²) in [7, 11) is 0. The van der Waals surface area contributed by atoms with E-state index in [0.29, 0.717) is 17.1 Å². The van der Waals surface area contributed by atoms with Crippen molar-refractivity contribution >= 4 is 29.3 Å². The minimum Gasteiger partial charge on any atom is -0.490 e. The molecule has 2 fully saturated rings. The van der Waals surface area contributed by atoms with Gasteiger partial charge in [-0.15, -0.1) is 0 Å². The summed E-state index contributed by atoms with van der Waals surface area (Å²) in [6.45, 7) is 4.57. The van der Waals surface area contributed by atoms with Crippen LogP contribution in [0.5, 0.6) is 11.5 Å². The number of carbonyl (C=O) groups excluding carboxylic acids is 4. The number of fused-ring (bicyclic) bond motifs is 1. The number of nitrogens with zero attached hydrogens (tertiary/aromatic N) is 4. The molecule has 0 bridgehead atoms. The summed E-state index contributed by atoms with van der Waals surface area (Å²) >= 11 is 0. The topological polar surface area (TPSA) is 164 Å². The van der Waals surface area contributed by atoms with Crippen LogP contribution >= 0.6 is 0 Å². The summed E-state index contributed by atoms with van der Waals surface area (Å²) in [5.41, 5.74) is 3.85. The molecule has 1 aliphatic carbocycles. The first-order valence-electron chi connectivity index (χ1n) is 16.4. The van der Waals surface area contributed by atoms with Crippen molar-refractivity contribution in [1.29, 1.82) is 5.26 Å². The first-order valence-corrected chi connectivity index (χ1v) is 16.4. The summed E-state index contributed by atoms with van der Waals surface area (Å²) in [4.78, 5) is 59.0. The van der Waals surface area contributed by atoms with Crippen LogP contribution in [-0.2, 0) is 21.6 Å². The van der Waals surface area contributed by atoms with E-state index in [2.05, 4.69) is 46.6 Å². The number of aromatic nitrogens is 2. The largest absolute Gasteiger partial charge is 0.490 e. The van der Waals surface area contributed by atoms with Gasteiger partial charge < -0.3 is 14.8 Å². The number of piperidine rings is 1. The highest BCUT2D eigenvalue weighted by atomic mass is 16.5. The third-order valence-electron chi connectivity index (χ3n) is 9.56. The van der Waals surface area contributed by atoms with E-state index in [9.17, 15) is 19.2 Å². The number of hydrogen-bond donors (Lipinski definition) is 2. The number of carbonyl (C=O) groups is 4. The highest BCUT2D eigenvalue weighted by Gasteiger charge is 2.44. The molecular weight excluding hydrogens is 636 g/mol. The first-order chi connectivity index (χ1) is 24.1. The molecule has 1 saturated heterocycles. The van der Waals surface area contributed by atoms with Gasteiger partial charge in [-0.25, -0.2) is 9.97 Å². The number of ether oxygens (including phenoxy) is 2. The number of hydrogen-bond acceptors (Lipinski definition) is 10. The Balaban J connectivity index is 0.903. The van der Waals surface area contributed by atoms with Crippen molar-refractivity contribution in [1.82, 2.24) is 20.2 Å². The summed E-state index contributed by atoms with van der Waals surface area (Å²) < 4.78 is 12.1. The molecule has 4 amide bonds. The van der Waals surface area contributed by atoms with Crippen molar-refractivity contribution < 1.29 is 28.7 Å². The number of benzene rings is 3. The minimum absolute atomic E-state index is 0.0356. The van der Waals surface area contributed by atoms with Gasteiger partial charge in [0.25, 0.3) is 11.8 Å². The van der Waals surface area contributed by atoms with Crippen LogP contribution in [0.3, 0.4) is 0 Å². The molecule has 4 aromatic rings. The third kappa shape index (κ3) is 6.37. The summed E-state index contributed by atoms with van der Waals surface area (Å²) in [6.07, 6.45) is 3.32. The quantitative estimate of drug-likeness (QED) is 0.227. The van der Waals surface area contributed by atoms with E-state index < -0.39 is 29.7 Å². The molecule has 3 aliphatic rings. The molecule has 2 aliphatic heterocycles. The average molecular weight is 671 g/mol. The fourth-order valence-electron chi connectivity index (χ4n) is 6.54. The second kappa shape index (κ2) is 13.1. The lowest BCUT2D eigenvalue weighted by atomic mass is 9.78. The van der Waals surface area contributed by atoms with E-state index in [-0.39, 0.29) is 54.0 Å². The van der Waals surface area contributed by atoms with Gasteiger partial charge >= 0.3 is 0 Å². The maximum absolute atomic E-state index is 13.2. The Kier molecular flexibility index (Phi) is 8.49. The monoisotopic (exact) mass is 670 g/mol. The van der Waals surface area contributed by atoms with Crippen LogP contribution in [0.15, 0.2) is 79.0 Å². The van der Waals surface area contributed by atoms with Crippen LogP contribution in [0.25, 0.3) is 0 Å². The number of nitriles is 1. The summed E-state index contributed by atoms with van der Waals surface area (Å²) in [5.74, 6) is -0.471. The fraction of sp³-hybridized carbons (Fsp3) is 0.289. The van der Waals surface area contributed by atoms with Crippen LogP contribution in [0.2, 0.25) is 0 Å². The Morgan fingerprint density at radius 1 is 0.920 bits per heavy atom. The molecular formula is C38H34N6O6. The van der Waals surface area contributed by atoms with E-state index in [1.165, 1.54) is 0 Å². The highest BCUT2D eigenvalue weighted by molar-refractivity contribution is 6.23. The van der Waals surface area contributed by atoms with Gasteiger partial charge in [-0.05, 0) is 66.1 Å². The number of imide groups is 2. The average Bonchev–Trinajstić information content (AvgIpc) is 3.35. The van der Waals surface area contributed by atoms with Gasteiger partial charge in [-0.2, -0.15) is 5.26 Å². The fourth-order valence-corrected chi connectivity index (χ4v) is 6.54. The number of nitrogens with one attached hydrogen (secondary N) is 2. The Morgan fingerprint density at radius 2 is 1.60 bits per heavy atom. The van der Waals surface area contributed by atoms with Gasteiger partial charge in [0.05, 0.1) is 16.8 Å². The van der Waals surface area contributed by atoms with E-state index in [1.54, 1.807) is 30.5 Å². The zero-order chi connectivity index (χ0) is 35.0. The van der Waals surface area contributed by atoms with E-state index >= 15 is 0 Å². The summed E-state index contributed by atoms with van der Waals surface area (Å²) in [6, 6.07) is 23.9. The van der Waals surface area contributed by atoms with Crippen LogP contribution in [0, 0.1) is 11.3 Å². The Morgan fingerprint density at radius 3 is 2.28 bits per heavy atom. The summed E-state index contributed by atoms with van der Waals surface area (Å²) in [5, 5.41) is 14.6. The van der Waals surface area contributed by atoms with Crippen LogP contribution in [0.4, 0.5) is 5.69 Å². The van der Waals surface area contributed by atoms with Crippen molar-refractivity contribution in [3.63, 3.8) is 0 Å². The maximum atomic E-state index is 13.2. The van der Waals surface area contributed by atoms with Gasteiger partial charge in [0.1, 0.15) is 36.3 Å². The number of rotatable bonds is 10. The zero-order valence-electron chi connectivity index (χ0n) is 27.5. The molecule has 12 nitrogen and oxygen atoms in total. The lowest BCUT2D eigenvalue weighted by molar-refractivity contribution is -0.136. The van der Waals surface area contributed by atoms with Crippen LogP contribution < -0.4 is 20.1 Å². The van der Waals surface area contributed by atoms with Gasteiger partial charge in [-0.1, -0.05) is 38.1 Å². The third-order valence-corrected chi connectivity index (χ3v) is 9.56. The lowest BCUT2D eigenvalue weighted by Gasteiger charge is -2.36. The molecule has 2 N–H and O–H groups in total. The minimum atomic E-state index is -0.989. The second-order valence-corrected chi connectivity index (χ2v) is 13.2. The van der Waals surface area contributed by atoms with E-state index in [0.717, 1.165) is 34.6 Å². The molecule has 0 radical (unpaired) electrons. The van der Waals surface area contributed by atoms with Crippen molar-refractivity contribution in [3.05, 3.63) is 113 Å². The van der Waals surface area contributed by atoms with Crippen LogP contribution in [0.1, 0.15) is 82.9 Å². The predicted molar refractivity (Wildman–Crippen MR) is 180 cm³/mol. The first kappa shape index (κ1) is 32.5. The van der Waals surface area contributed by atoms with Crippen molar-refractivity contribution in [2.24, 2.45) is 0 Å². The van der Waals surface area contributed by atoms with E-state index in [1.807, 2.05) is 42.5 Å². The molecule has 252 valence electrons. The van der Waals surface area contributed by atoms with Gasteiger partial charge in [0.2, 0.25) is 17.6 Å². The molecule has 1 aromatic heterocycles. The molecule has 1 atom stereocenters. The molecule has 50 heavy (non-hydrogen) atoms. The molecule has 3 aromatic carbocycles. The van der Waals surface area contributed by atoms with Crippen LogP contribution in [-0.4, -0.2) is 56.7 Å². The van der Waals surface area contributed by atoms with Crippen molar-refractivity contribution in [2.45, 2.75) is 69.7 Å². The molecule has 0 spiro atoms. The van der Waals surface area contributed by atoms with Gasteiger partial charge in [0, 0.05) is 42.6 Å². The van der Waals surface area contributed by atoms with Crippen molar-refractivity contribution in [2.75, 3.05) is 5.32 Å². The number of anilines is 1. The zero-order valence-corrected chi connectivity index (χ0v) is 27.5. The van der Waals surface area contributed by atoms with Gasteiger partial charge in [0.15, 0.2) is 0 Å². The Hall–Kier alpha value is -6.09. The van der Waals surface area contributed by atoms with Crippen molar-refractivity contribution in [3.8, 4) is 17.6 Å². The predicted octanol–water partition coefficient (Wildman–Crippen LogP) is 4.68. The normalized spacial score (nSPS) is 20.0. The smallest absolute Gasteiger partial charge is 0.262 e. The molecule has 12 heteroatoms. The van der Waals surface area contributed by atoms with Gasteiger partial charge in [-0.3, -0.25) is 29.4 Å². The SMILES string of the molecule is CC(C)(c1ccc(OCc2ccnc(C#N)n2)cc1)c1ccc(O[C@H]2C[C@@H](Nc3ccc4c(c3)C(=O)N(C3CCC(=O)NC3=O)C4=O)C2)cc1. The maximum Gasteiger partial charge on any atom is 0.262 e. The molecule has 3 heterocycles. The lowest BCUT2D eigenvalue weighted by Crippen LogP contribution is -2.54. The Labute approximate surface area is 288 Å². The highest BCUT2D eigenvalue weighted by Crippen LogP contribution is 2.36. The van der Waals surface area contributed by atoms with E-state index in [4.69, 9.17) is 14.7 Å². The standard InChI is InChI=1S/C38H34N6O6/c1-38(2,22-3-8-27(9-4-22)49-21-25-15-16-40-33(20-39)42-25)23-5-10-28(11-6-23)50-29-17-26(18-29)41-24-7-12-30-31(19-24)37(48)44(36(30)47)32-13-14-34(45)43-35(32)46/h3-12,15-16,19,26,29,32,41H,13-14,17-18,21H2,1-2H3,(H,43,45,46)/t26-,29+,32?. The number of amides is 4. The second-order valence-electron chi connectivity index (χ2n) is 13.2.